The highest BCUT2D eigenvalue weighted by molar-refractivity contribution is 5.96. The average molecular weight is 381 g/mol. The van der Waals surface area contributed by atoms with Gasteiger partial charge in [0.2, 0.25) is 5.91 Å². The van der Waals surface area contributed by atoms with E-state index in [1.165, 1.54) is 19.3 Å². The maximum atomic E-state index is 12.3. The first kappa shape index (κ1) is 19.7. The molecule has 2 aromatic carbocycles. The van der Waals surface area contributed by atoms with Gasteiger partial charge in [0.1, 0.15) is 5.75 Å². The molecule has 2 aromatic rings. The molecule has 6 nitrogen and oxygen atoms in total. The lowest BCUT2D eigenvalue weighted by molar-refractivity contribution is -0.114. The Morgan fingerprint density at radius 3 is 2.43 bits per heavy atom. The minimum atomic E-state index is -0.177. The monoisotopic (exact) mass is 381 g/mol. The number of amides is 2. The van der Waals surface area contributed by atoms with Crippen molar-refractivity contribution in [2.45, 2.75) is 38.1 Å². The molecular formula is C22H27N3O3. The van der Waals surface area contributed by atoms with Crippen LogP contribution in [0.4, 0.5) is 11.4 Å². The van der Waals surface area contributed by atoms with Gasteiger partial charge in [-0.2, -0.15) is 0 Å². The summed E-state index contributed by atoms with van der Waals surface area (Å²) in [7, 11) is 1.56. The summed E-state index contributed by atoms with van der Waals surface area (Å²) in [6.07, 6.45) is 5.76. The summed E-state index contributed by atoms with van der Waals surface area (Å²) in [6, 6.07) is 14.7. The maximum absolute atomic E-state index is 12.3. The number of carbonyl (C=O) groups excluding carboxylic acids is 2. The summed E-state index contributed by atoms with van der Waals surface area (Å²) in [4.78, 5) is 24.5. The van der Waals surface area contributed by atoms with Gasteiger partial charge in [-0.1, -0.05) is 31.4 Å². The van der Waals surface area contributed by atoms with Crippen molar-refractivity contribution in [3.8, 4) is 5.75 Å². The number of methoxy groups -OCH3 is 1. The lowest BCUT2D eigenvalue weighted by Crippen LogP contribution is -2.36. The summed E-state index contributed by atoms with van der Waals surface area (Å²) < 4.78 is 5.23. The molecule has 0 aliphatic heterocycles. The van der Waals surface area contributed by atoms with Gasteiger partial charge in [-0.15, -0.1) is 0 Å². The molecule has 3 rings (SSSR count). The second-order valence-electron chi connectivity index (χ2n) is 6.99. The number of para-hydroxylation sites is 2. The molecular weight excluding hydrogens is 354 g/mol. The summed E-state index contributed by atoms with van der Waals surface area (Å²) in [5.41, 5.74) is 2.05. The van der Waals surface area contributed by atoms with Crippen LogP contribution in [-0.4, -0.2) is 31.5 Å². The lowest BCUT2D eigenvalue weighted by atomic mass is 9.95. The molecule has 0 atom stereocenters. The fourth-order valence-electron chi connectivity index (χ4n) is 3.38. The minimum Gasteiger partial charge on any atom is -0.495 e. The summed E-state index contributed by atoms with van der Waals surface area (Å²) in [5, 5.41) is 8.99. The van der Waals surface area contributed by atoms with Crippen molar-refractivity contribution >= 4 is 23.2 Å². The first-order valence-corrected chi connectivity index (χ1v) is 9.73. The summed E-state index contributed by atoms with van der Waals surface area (Å²) in [5.74, 6) is 0.403. The van der Waals surface area contributed by atoms with Crippen LogP contribution >= 0.6 is 0 Å². The quantitative estimate of drug-likeness (QED) is 0.681. The molecule has 1 fully saturated rings. The molecule has 3 N–H and O–H groups in total. The second kappa shape index (κ2) is 9.78. The smallest absolute Gasteiger partial charge is 0.251 e. The molecule has 0 spiro atoms. The molecule has 0 unspecified atom stereocenters. The standard InChI is InChI=1S/C22H27N3O3/c1-28-20-10-6-5-9-19(20)25-21(26)15-23-17-13-11-16(12-14-17)22(27)24-18-7-3-2-4-8-18/h5-6,9-14,18,23H,2-4,7-8,15H2,1H3,(H,24,27)(H,25,26). The van der Waals surface area contributed by atoms with Gasteiger partial charge in [0, 0.05) is 17.3 Å². The molecule has 0 heterocycles. The van der Waals surface area contributed by atoms with E-state index in [1.807, 2.05) is 24.3 Å². The van der Waals surface area contributed by atoms with Crippen LogP contribution in [-0.2, 0) is 4.79 Å². The van der Waals surface area contributed by atoms with Crippen LogP contribution in [0.5, 0.6) is 5.75 Å². The number of ether oxygens (including phenoxy) is 1. The zero-order valence-corrected chi connectivity index (χ0v) is 16.2. The van der Waals surface area contributed by atoms with Crippen molar-refractivity contribution in [2.75, 3.05) is 24.3 Å². The minimum absolute atomic E-state index is 0.0348. The highest BCUT2D eigenvalue weighted by Gasteiger charge is 2.16. The van der Waals surface area contributed by atoms with E-state index in [9.17, 15) is 9.59 Å². The molecule has 1 saturated carbocycles. The fourth-order valence-corrected chi connectivity index (χ4v) is 3.38. The Labute approximate surface area is 165 Å². The van der Waals surface area contributed by atoms with Crippen LogP contribution in [0.1, 0.15) is 42.5 Å². The number of nitrogens with one attached hydrogen (secondary N) is 3. The van der Waals surface area contributed by atoms with Crippen LogP contribution in [0.15, 0.2) is 48.5 Å². The van der Waals surface area contributed by atoms with Crippen LogP contribution < -0.4 is 20.7 Å². The maximum Gasteiger partial charge on any atom is 0.251 e. The van der Waals surface area contributed by atoms with E-state index in [0.717, 1.165) is 18.5 Å². The fraction of sp³-hybridized carbons (Fsp3) is 0.364. The predicted molar refractivity (Wildman–Crippen MR) is 111 cm³/mol. The normalized spacial score (nSPS) is 14.2. The van der Waals surface area contributed by atoms with E-state index in [4.69, 9.17) is 4.74 Å². The molecule has 28 heavy (non-hydrogen) atoms. The topological polar surface area (TPSA) is 79.5 Å². The number of carbonyl (C=O) groups is 2. The van der Waals surface area contributed by atoms with Gasteiger partial charge >= 0.3 is 0 Å². The zero-order valence-electron chi connectivity index (χ0n) is 16.2. The number of rotatable bonds is 7. The number of hydrogen-bond acceptors (Lipinski definition) is 4. The van der Waals surface area contributed by atoms with Crippen molar-refractivity contribution in [3.05, 3.63) is 54.1 Å². The Bertz CT molecular complexity index is 799. The zero-order chi connectivity index (χ0) is 19.8. The number of anilines is 2. The first-order chi connectivity index (χ1) is 13.7. The van der Waals surface area contributed by atoms with E-state index >= 15 is 0 Å². The van der Waals surface area contributed by atoms with Gasteiger partial charge in [0.25, 0.3) is 5.91 Å². The molecule has 0 aromatic heterocycles. The van der Waals surface area contributed by atoms with E-state index in [2.05, 4.69) is 16.0 Å². The van der Waals surface area contributed by atoms with Crippen molar-refractivity contribution in [1.29, 1.82) is 0 Å². The van der Waals surface area contributed by atoms with Crippen molar-refractivity contribution < 1.29 is 14.3 Å². The Morgan fingerprint density at radius 2 is 1.71 bits per heavy atom. The highest BCUT2D eigenvalue weighted by atomic mass is 16.5. The molecule has 148 valence electrons. The van der Waals surface area contributed by atoms with Crippen LogP contribution in [0.25, 0.3) is 0 Å². The number of benzene rings is 2. The average Bonchev–Trinajstić information content (AvgIpc) is 2.74. The third-order valence-corrected chi connectivity index (χ3v) is 4.92. The molecule has 1 aliphatic rings. The Kier molecular flexibility index (Phi) is 6.89. The lowest BCUT2D eigenvalue weighted by Gasteiger charge is -2.22. The highest BCUT2D eigenvalue weighted by Crippen LogP contribution is 2.23. The SMILES string of the molecule is COc1ccccc1NC(=O)CNc1ccc(C(=O)NC2CCCCC2)cc1. The van der Waals surface area contributed by atoms with E-state index in [-0.39, 0.29) is 24.4 Å². The van der Waals surface area contributed by atoms with Crippen molar-refractivity contribution in [2.24, 2.45) is 0 Å². The molecule has 0 radical (unpaired) electrons. The van der Waals surface area contributed by atoms with Gasteiger partial charge in [-0.05, 0) is 49.2 Å². The first-order valence-electron chi connectivity index (χ1n) is 9.73. The van der Waals surface area contributed by atoms with E-state index in [0.29, 0.717) is 17.0 Å². The second-order valence-corrected chi connectivity index (χ2v) is 6.99. The largest absolute Gasteiger partial charge is 0.495 e. The van der Waals surface area contributed by atoms with Crippen LogP contribution in [0.2, 0.25) is 0 Å². The summed E-state index contributed by atoms with van der Waals surface area (Å²) >= 11 is 0. The Morgan fingerprint density at radius 1 is 1.00 bits per heavy atom. The third kappa shape index (κ3) is 5.49. The molecule has 6 heteroatoms. The predicted octanol–water partition coefficient (Wildman–Crippen LogP) is 3.81. The Hall–Kier alpha value is -3.02. The van der Waals surface area contributed by atoms with Crippen LogP contribution in [0.3, 0.4) is 0 Å². The number of hydrogen-bond donors (Lipinski definition) is 3. The third-order valence-electron chi connectivity index (χ3n) is 4.92. The molecule has 0 saturated heterocycles. The van der Waals surface area contributed by atoms with Gasteiger partial charge in [0.15, 0.2) is 0 Å². The van der Waals surface area contributed by atoms with Gasteiger partial charge < -0.3 is 20.7 Å². The Balaban J connectivity index is 1.48. The molecule has 2 amide bonds. The summed E-state index contributed by atoms with van der Waals surface area (Å²) in [6.45, 7) is 0.117. The van der Waals surface area contributed by atoms with Crippen molar-refractivity contribution in [3.63, 3.8) is 0 Å². The molecule has 1 aliphatic carbocycles. The van der Waals surface area contributed by atoms with Crippen LogP contribution in [0, 0.1) is 0 Å². The van der Waals surface area contributed by atoms with Gasteiger partial charge in [-0.3, -0.25) is 9.59 Å². The molecule has 0 bridgehead atoms. The van der Waals surface area contributed by atoms with Gasteiger partial charge in [-0.25, -0.2) is 0 Å². The van der Waals surface area contributed by atoms with Gasteiger partial charge in [0.05, 0.1) is 19.3 Å². The van der Waals surface area contributed by atoms with Crippen molar-refractivity contribution in [1.82, 2.24) is 5.32 Å². The van der Waals surface area contributed by atoms with E-state index in [1.54, 1.807) is 31.4 Å². The van der Waals surface area contributed by atoms with E-state index < -0.39 is 0 Å².